The Morgan fingerprint density at radius 2 is 1.71 bits per heavy atom. The molecule has 2 N–H and O–H groups in total. The van der Waals surface area contributed by atoms with Crippen molar-refractivity contribution in [3.8, 4) is 11.1 Å². The van der Waals surface area contributed by atoms with E-state index in [0.717, 1.165) is 6.54 Å². The molecule has 1 saturated heterocycles. The number of nitrogens with two attached hydrogens (primary N) is 1. The number of nitrogens with zero attached hydrogens (tertiary/aromatic N) is 1. The van der Waals surface area contributed by atoms with Gasteiger partial charge in [-0.2, -0.15) is 0 Å². The molecule has 2 atom stereocenters. The number of rotatable bonds is 4. The molecular weight excluding hydrogens is 256 g/mol. The number of hydrogen-bond donors (Lipinski definition) is 1. The van der Waals surface area contributed by atoms with Crippen molar-refractivity contribution >= 4 is 0 Å². The maximum atomic E-state index is 5.90. The molecule has 1 aliphatic rings. The summed E-state index contributed by atoms with van der Waals surface area (Å²) in [5, 5.41) is 0. The molecule has 110 valence electrons. The molecule has 0 aromatic heterocycles. The monoisotopic (exact) mass is 280 g/mol. The van der Waals surface area contributed by atoms with Gasteiger partial charge in [0.15, 0.2) is 0 Å². The number of benzene rings is 2. The molecule has 0 spiro atoms. The first-order valence-corrected chi connectivity index (χ1v) is 7.91. The zero-order chi connectivity index (χ0) is 14.7. The van der Waals surface area contributed by atoms with Crippen molar-refractivity contribution in [1.29, 1.82) is 0 Å². The van der Waals surface area contributed by atoms with E-state index >= 15 is 0 Å². The molecule has 2 aromatic carbocycles. The van der Waals surface area contributed by atoms with Crippen molar-refractivity contribution in [2.45, 2.75) is 31.8 Å². The van der Waals surface area contributed by atoms with Gasteiger partial charge < -0.3 is 5.73 Å². The minimum absolute atomic E-state index is 0.450. The van der Waals surface area contributed by atoms with Gasteiger partial charge in [-0.3, -0.25) is 4.90 Å². The lowest BCUT2D eigenvalue weighted by Crippen LogP contribution is -2.37. The Morgan fingerprint density at radius 3 is 2.38 bits per heavy atom. The second-order valence-corrected chi connectivity index (χ2v) is 5.93. The highest BCUT2D eigenvalue weighted by molar-refractivity contribution is 5.63. The van der Waals surface area contributed by atoms with Crippen LogP contribution in [0.15, 0.2) is 54.6 Å². The van der Waals surface area contributed by atoms with E-state index in [-0.39, 0.29) is 0 Å². The summed E-state index contributed by atoms with van der Waals surface area (Å²) in [5.74, 6) is 0. The van der Waals surface area contributed by atoms with Crippen molar-refractivity contribution in [2.75, 3.05) is 13.1 Å². The van der Waals surface area contributed by atoms with Crippen molar-refractivity contribution < 1.29 is 0 Å². The van der Waals surface area contributed by atoms with Crippen LogP contribution < -0.4 is 5.73 Å². The van der Waals surface area contributed by atoms with Crippen LogP contribution in [-0.2, 0) is 0 Å². The van der Waals surface area contributed by atoms with Gasteiger partial charge in [0.25, 0.3) is 0 Å². The number of likely N-dealkylation sites (tertiary alicyclic amines) is 1. The highest BCUT2D eigenvalue weighted by Crippen LogP contribution is 2.30. The lowest BCUT2D eigenvalue weighted by Gasteiger charge is -2.30. The standard InChI is InChI=1S/C19H24N2/c1-15(21-13-5-8-19(21)14-20)16-9-11-18(12-10-16)17-6-3-2-4-7-17/h2-4,6-7,9-12,15,19H,5,8,13-14,20H2,1H3. The van der Waals surface area contributed by atoms with E-state index in [2.05, 4.69) is 66.4 Å². The Balaban J connectivity index is 1.78. The molecule has 1 aliphatic heterocycles. The summed E-state index contributed by atoms with van der Waals surface area (Å²) in [4.78, 5) is 2.55. The van der Waals surface area contributed by atoms with Gasteiger partial charge in [-0.05, 0) is 43.0 Å². The Labute approximate surface area is 127 Å². The maximum Gasteiger partial charge on any atom is 0.0323 e. The van der Waals surface area contributed by atoms with E-state index in [9.17, 15) is 0 Å². The Hall–Kier alpha value is -1.64. The molecule has 0 aliphatic carbocycles. The van der Waals surface area contributed by atoms with E-state index in [1.54, 1.807) is 0 Å². The van der Waals surface area contributed by atoms with E-state index in [4.69, 9.17) is 5.73 Å². The van der Waals surface area contributed by atoms with Gasteiger partial charge in [-0.25, -0.2) is 0 Å². The normalized spacial score (nSPS) is 20.6. The van der Waals surface area contributed by atoms with Crippen LogP contribution >= 0.6 is 0 Å². The molecule has 0 bridgehead atoms. The molecule has 2 heteroatoms. The SMILES string of the molecule is CC(c1ccc(-c2ccccc2)cc1)N1CCCC1CN. The fraction of sp³-hybridized carbons (Fsp3) is 0.368. The van der Waals surface area contributed by atoms with Gasteiger partial charge in [0.2, 0.25) is 0 Å². The zero-order valence-corrected chi connectivity index (χ0v) is 12.7. The van der Waals surface area contributed by atoms with Gasteiger partial charge >= 0.3 is 0 Å². The third kappa shape index (κ3) is 3.02. The number of hydrogen-bond acceptors (Lipinski definition) is 2. The van der Waals surface area contributed by atoms with Crippen molar-refractivity contribution in [1.82, 2.24) is 4.90 Å². The second kappa shape index (κ2) is 6.42. The van der Waals surface area contributed by atoms with Crippen molar-refractivity contribution in [3.05, 3.63) is 60.2 Å². The predicted molar refractivity (Wildman–Crippen MR) is 89.1 cm³/mol. The fourth-order valence-electron chi connectivity index (χ4n) is 3.40. The highest BCUT2D eigenvalue weighted by Gasteiger charge is 2.27. The van der Waals surface area contributed by atoms with Gasteiger partial charge in [0, 0.05) is 18.6 Å². The van der Waals surface area contributed by atoms with E-state index in [1.165, 1.54) is 36.1 Å². The van der Waals surface area contributed by atoms with Crippen LogP contribution in [0.2, 0.25) is 0 Å². The van der Waals surface area contributed by atoms with Gasteiger partial charge in [0.1, 0.15) is 0 Å². The Morgan fingerprint density at radius 1 is 1.05 bits per heavy atom. The van der Waals surface area contributed by atoms with Crippen LogP contribution in [0.5, 0.6) is 0 Å². The van der Waals surface area contributed by atoms with Crippen molar-refractivity contribution in [2.24, 2.45) is 5.73 Å². The van der Waals surface area contributed by atoms with Gasteiger partial charge in [0.05, 0.1) is 0 Å². The first kappa shape index (κ1) is 14.3. The molecule has 2 aromatic rings. The highest BCUT2D eigenvalue weighted by atomic mass is 15.2. The van der Waals surface area contributed by atoms with E-state index in [0.29, 0.717) is 12.1 Å². The lowest BCUT2D eigenvalue weighted by atomic mass is 10.0. The third-order valence-electron chi connectivity index (χ3n) is 4.69. The van der Waals surface area contributed by atoms with Crippen LogP contribution in [0, 0.1) is 0 Å². The smallest absolute Gasteiger partial charge is 0.0323 e. The first-order chi connectivity index (χ1) is 10.3. The summed E-state index contributed by atoms with van der Waals surface area (Å²) in [6.07, 6.45) is 2.51. The quantitative estimate of drug-likeness (QED) is 0.922. The van der Waals surface area contributed by atoms with Crippen LogP contribution in [0.1, 0.15) is 31.4 Å². The van der Waals surface area contributed by atoms with Gasteiger partial charge in [-0.1, -0.05) is 54.6 Å². The first-order valence-electron chi connectivity index (χ1n) is 7.91. The van der Waals surface area contributed by atoms with Gasteiger partial charge in [-0.15, -0.1) is 0 Å². The molecule has 0 saturated carbocycles. The molecule has 0 radical (unpaired) electrons. The molecule has 3 rings (SSSR count). The van der Waals surface area contributed by atoms with Crippen LogP contribution in [0.25, 0.3) is 11.1 Å². The molecule has 21 heavy (non-hydrogen) atoms. The summed E-state index contributed by atoms with van der Waals surface area (Å²) in [6.45, 7) is 4.24. The van der Waals surface area contributed by atoms with Crippen LogP contribution in [0.3, 0.4) is 0 Å². The van der Waals surface area contributed by atoms with Crippen LogP contribution in [0.4, 0.5) is 0 Å². The minimum atomic E-state index is 0.450. The molecule has 2 nitrogen and oxygen atoms in total. The van der Waals surface area contributed by atoms with Crippen molar-refractivity contribution in [3.63, 3.8) is 0 Å². The average molecular weight is 280 g/mol. The van der Waals surface area contributed by atoms with E-state index < -0.39 is 0 Å². The summed E-state index contributed by atoms with van der Waals surface area (Å²) >= 11 is 0. The largest absolute Gasteiger partial charge is 0.329 e. The topological polar surface area (TPSA) is 29.3 Å². The molecule has 0 amide bonds. The second-order valence-electron chi connectivity index (χ2n) is 5.93. The van der Waals surface area contributed by atoms with E-state index in [1.807, 2.05) is 0 Å². The molecular formula is C19H24N2. The molecule has 2 unspecified atom stereocenters. The summed E-state index contributed by atoms with van der Waals surface area (Å²) in [5.41, 5.74) is 9.84. The maximum absolute atomic E-state index is 5.90. The predicted octanol–water partition coefficient (Wildman–Crippen LogP) is 3.84. The Bertz CT molecular complexity index is 562. The molecule has 1 heterocycles. The fourth-order valence-corrected chi connectivity index (χ4v) is 3.40. The average Bonchev–Trinajstić information content (AvgIpc) is 3.04. The molecule has 1 fully saturated rings. The van der Waals surface area contributed by atoms with Crippen LogP contribution in [-0.4, -0.2) is 24.0 Å². The lowest BCUT2D eigenvalue weighted by molar-refractivity contribution is 0.197. The minimum Gasteiger partial charge on any atom is -0.329 e. The summed E-state index contributed by atoms with van der Waals surface area (Å²) in [6, 6.07) is 20.5. The third-order valence-corrected chi connectivity index (χ3v) is 4.69. The summed E-state index contributed by atoms with van der Waals surface area (Å²) < 4.78 is 0. The zero-order valence-electron chi connectivity index (χ0n) is 12.7. The summed E-state index contributed by atoms with van der Waals surface area (Å²) in [7, 11) is 0. The Kier molecular flexibility index (Phi) is 4.37.